The molecule has 0 saturated heterocycles. The zero-order valence-corrected chi connectivity index (χ0v) is 11.2. The van der Waals surface area contributed by atoms with E-state index in [2.05, 4.69) is 4.99 Å². The molecule has 1 aliphatic rings. The minimum Gasteiger partial charge on any atom is -0.312 e. The Labute approximate surface area is 117 Å². The lowest BCUT2D eigenvalue weighted by Crippen LogP contribution is -2.39. The van der Waals surface area contributed by atoms with Gasteiger partial charge in [-0.3, -0.25) is 9.79 Å². The molecule has 2 aromatic rings. The topological polar surface area (TPSA) is 58.7 Å². The molecule has 0 fully saturated rings. The smallest absolute Gasteiger partial charge is 0.266 e. The maximum Gasteiger partial charge on any atom is 0.266 e. The van der Waals surface area contributed by atoms with Gasteiger partial charge in [0.2, 0.25) is 0 Å². The Hall–Kier alpha value is -2.46. The molecule has 0 bridgehead atoms. The first kappa shape index (κ1) is 12.6. The maximum absolute atomic E-state index is 12.0. The number of fused-ring (bicyclic) bond motifs is 1. The molecule has 0 spiro atoms. The molecule has 1 atom stereocenters. The molecule has 0 saturated carbocycles. The predicted molar refractivity (Wildman–Crippen MR) is 80.9 cm³/mol. The second-order valence-electron chi connectivity index (χ2n) is 4.76. The summed E-state index contributed by atoms with van der Waals surface area (Å²) in [5.74, 6) is -0.204. The van der Waals surface area contributed by atoms with Gasteiger partial charge in [0.25, 0.3) is 5.91 Å². The van der Waals surface area contributed by atoms with E-state index >= 15 is 0 Å². The molecule has 2 aromatic carbocycles. The van der Waals surface area contributed by atoms with Crippen LogP contribution in [0.5, 0.6) is 0 Å². The van der Waals surface area contributed by atoms with Crippen LogP contribution in [-0.2, 0) is 4.79 Å². The third-order valence-electron chi connectivity index (χ3n) is 3.46. The molecule has 1 amide bonds. The number of nitrogens with zero attached hydrogens (tertiary/aromatic N) is 2. The minimum absolute atomic E-state index is 0.204. The fourth-order valence-electron chi connectivity index (χ4n) is 2.29. The van der Waals surface area contributed by atoms with Crippen molar-refractivity contribution in [3.63, 3.8) is 0 Å². The first-order valence-corrected chi connectivity index (χ1v) is 6.42. The van der Waals surface area contributed by atoms with Crippen molar-refractivity contribution < 1.29 is 4.79 Å². The Kier molecular flexibility index (Phi) is 3.08. The van der Waals surface area contributed by atoms with E-state index in [4.69, 9.17) is 5.73 Å². The Morgan fingerprint density at radius 1 is 1.10 bits per heavy atom. The summed E-state index contributed by atoms with van der Waals surface area (Å²) in [7, 11) is 1.73. The van der Waals surface area contributed by atoms with Gasteiger partial charge in [-0.1, -0.05) is 42.5 Å². The number of carbonyl (C=O) groups is 1. The lowest BCUT2D eigenvalue weighted by atomic mass is 10.0. The Morgan fingerprint density at radius 2 is 1.85 bits per heavy atom. The molecular formula is C16H15N3O. The summed E-state index contributed by atoms with van der Waals surface area (Å²) in [6.45, 7) is 0. The van der Waals surface area contributed by atoms with Crippen LogP contribution in [0.2, 0.25) is 0 Å². The van der Waals surface area contributed by atoms with Crippen LogP contribution in [0.4, 0.5) is 5.69 Å². The van der Waals surface area contributed by atoms with Crippen molar-refractivity contribution >= 4 is 17.8 Å². The average Bonchev–Trinajstić information content (AvgIpc) is 2.61. The van der Waals surface area contributed by atoms with Gasteiger partial charge in [0.1, 0.15) is 0 Å². The van der Waals surface area contributed by atoms with Crippen LogP contribution >= 0.6 is 0 Å². The molecule has 2 N–H and O–H groups in total. The van der Waals surface area contributed by atoms with Crippen molar-refractivity contribution in [2.45, 2.75) is 6.17 Å². The highest BCUT2D eigenvalue weighted by Crippen LogP contribution is 2.28. The molecule has 1 heterocycles. The van der Waals surface area contributed by atoms with Crippen molar-refractivity contribution in [3.05, 3.63) is 54.1 Å². The van der Waals surface area contributed by atoms with E-state index in [0.717, 1.165) is 22.4 Å². The average molecular weight is 265 g/mol. The van der Waals surface area contributed by atoms with Crippen molar-refractivity contribution in [2.75, 3.05) is 11.9 Å². The van der Waals surface area contributed by atoms with Crippen LogP contribution < -0.4 is 10.6 Å². The number of hydrogen-bond acceptors (Lipinski definition) is 3. The Balaban J connectivity index is 2.10. The first-order valence-electron chi connectivity index (χ1n) is 6.42. The van der Waals surface area contributed by atoms with E-state index < -0.39 is 6.17 Å². The number of carbonyl (C=O) groups excluding carboxylic acids is 1. The number of anilines is 1. The molecule has 0 aromatic heterocycles. The molecule has 3 rings (SSSR count). The van der Waals surface area contributed by atoms with Gasteiger partial charge in [-0.2, -0.15) is 0 Å². The van der Waals surface area contributed by atoms with E-state index in [1.54, 1.807) is 18.2 Å². The molecule has 4 heteroatoms. The fourth-order valence-corrected chi connectivity index (χ4v) is 2.29. The summed E-state index contributed by atoms with van der Waals surface area (Å²) in [4.78, 5) is 17.7. The van der Waals surface area contributed by atoms with Crippen molar-refractivity contribution in [2.24, 2.45) is 10.7 Å². The number of amides is 1. The van der Waals surface area contributed by atoms with E-state index in [1.165, 1.54) is 0 Å². The van der Waals surface area contributed by atoms with Crippen LogP contribution in [0.25, 0.3) is 11.1 Å². The Morgan fingerprint density at radius 3 is 2.60 bits per heavy atom. The first-order chi connectivity index (χ1) is 9.66. The van der Waals surface area contributed by atoms with E-state index in [-0.39, 0.29) is 5.91 Å². The quantitative estimate of drug-likeness (QED) is 0.857. The lowest BCUT2D eigenvalue weighted by Gasteiger charge is -2.19. The predicted octanol–water partition coefficient (Wildman–Crippen LogP) is 2.03. The zero-order valence-electron chi connectivity index (χ0n) is 11.2. The maximum atomic E-state index is 12.0. The molecule has 0 radical (unpaired) electrons. The molecule has 20 heavy (non-hydrogen) atoms. The van der Waals surface area contributed by atoms with Crippen LogP contribution in [0.3, 0.4) is 0 Å². The van der Waals surface area contributed by atoms with Crippen molar-refractivity contribution in [1.82, 2.24) is 0 Å². The third-order valence-corrected chi connectivity index (χ3v) is 3.46. The van der Waals surface area contributed by atoms with Crippen LogP contribution in [-0.4, -0.2) is 25.3 Å². The molecule has 0 aliphatic carbocycles. The summed E-state index contributed by atoms with van der Waals surface area (Å²) in [6.07, 6.45) is 0.837. The van der Waals surface area contributed by atoms with Gasteiger partial charge in [0, 0.05) is 18.8 Å². The highest BCUT2D eigenvalue weighted by Gasteiger charge is 2.23. The standard InChI is InChI=1S/C16H15N3O/c1-19-14-9-12(11-5-3-2-4-6-11)7-8-13(14)10-18-15(17)16(19)20/h2-10,15H,17H2,1H3. The molecule has 100 valence electrons. The van der Waals surface area contributed by atoms with E-state index in [1.807, 2.05) is 48.5 Å². The van der Waals surface area contributed by atoms with Gasteiger partial charge in [-0.25, -0.2) is 0 Å². The monoisotopic (exact) mass is 265 g/mol. The number of likely N-dealkylation sites (N-methyl/N-ethyl adjacent to an activating group) is 1. The lowest BCUT2D eigenvalue weighted by molar-refractivity contribution is -0.119. The second kappa shape index (κ2) is 4.90. The van der Waals surface area contributed by atoms with Gasteiger partial charge in [-0.15, -0.1) is 0 Å². The zero-order chi connectivity index (χ0) is 14.1. The molecule has 1 aliphatic heterocycles. The minimum atomic E-state index is -0.826. The molecule has 1 unspecified atom stereocenters. The second-order valence-corrected chi connectivity index (χ2v) is 4.76. The number of rotatable bonds is 1. The molecular weight excluding hydrogens is 250 g/mol. The number of benzodiazepines with no additional fused rings is 1. The Bertz CT molecular complexity index is 679. The van der Waals surface area contributed by atoms with Crippen molar-refractivity contribution in [3.8, 4) is 11.1 Å². The highest BCUT2D eigenvalue weighted by atomic mass is 16.2. The summed E-state index contributed by atoms with van der Waals surface area (Å²) < 4.78 is 0. The summed E-state index contributed by atoms with van der Waals surface area (Å²) in [5.41, 5.74) is 9.61. The number of nitrogens with two attached hydrogens (primary N) is 1. The van der Waals surface area contributed by atoms with Crippen LogP contribution in [0.15, 0.2) is 53.5 Å². The largest absolute Gasteiger partial charge is 0.312 e. The number of hydrogen-bond donors (Lipinski definition) is 1. The van der Waals surface area contributed by atoms with E-state index in [9.17, 15) is 4.79 Å². The van der Waals surface area contributed by atoms with Crippen molar-refractivity contribution in [1.29, 1.82) is 0 Å². The van der Waals surface area contributed by atoms with Gasteiger partial charge < -0.3 is 10.6 Å². The van der Waals surface area contributed by atoms with Gasteiger partial charge >= 0.3 is 0 Å². The third kappa shape index (κ3) is 2.10. The summed E-state index contributed by atoms with van der Waals surface area (Å²) in [6, 6.07) is 16.0. The fraction of sp³-hybridized carbons (Fsp3) is 0.125. The van der Waals surface area contributed by atoms with Crippen LogP contribution in [0.1, 0.15) is 5.56 Å². The van der Waals surface area contributed by atoms with E-state index in [0.29, 0.717) is 0 Å². The summed E-state index contributed by atoms with van der Waals surface area (Å²) >= 11 is 0. The van der Waals surface area contributed by atoms with Gasteiger partial charge in [0.05, 0.1) is 5.69 Å². The number of benzene rings is 2. The molecule has 4 nitrogen and oxygen atoms in total. The normalized spacial score (nSPS) is 17.8. The van der Waals surface area contributed by atoms with Gasteiger partial charge in [0.15, 0.2) is 6.17 Å². The number of aliphatic imine (C=N–C) groups is 1. The van der Waals surface area contributed by atoms with Crippen LogP contribution in [0, 0.1) is 0 Å². The highest BCUT2D eigenvalue weighted by molar-refractivity contribution is 6.05. The van der Waals surface area contributed by atoms with Gasteiger partial charge in [-0.05, 0) is 17.2 Å². The summed E-state index contributed by atoms with van der Waals surface area (Å²) in [5, 5.41) is 0. The SMILES string of the molecule is CN1C(=O)C(N)N=Cc2ccc(-c3ccccc3)cc21.